The number of amides is 17. The fraction of sp³-hybridized carbons (Fsp3) is 0.516. The van der Waals surface area contributed by atoms with Crippen LogP contribution in [0.15, 0.2) is 97.7 Å². The van der Waals surface area contributed by atoms with Crippen LogP contribution in [0, 0.1) is 0 Å². The zero-order valence-corrected chi connectivity index (χ0v) is 77.3. The molecule has 45 nitrogen and oxygen atoms in total. The highest BCUT2D eigenvalue weighted by Gasteiger charge is 2.48. The normalized spacial score (nSPS) is 25.0. The number of carboxylic acid groups (broad SMARTS) is 2. The molecule has 6 aromatic rings. The number of aromatic nitrogens is 4. The van der Waals surface area contributed by atoms with E-state index in [1.165, 1.54) is 55.8 Å². The summed E-state index contributed by atoms with van der Waals surface area (Å²) in [7, 11) is 2.57. The lowest BCUT2D eigenvalue weighted by atomic mass is 9.97. The molecule has 46 heteroatoms. The number of aliphatic hydroxyl groups is 2. The van der Waals surface area contributed by atoms with Gasteiger partial charge in [0.25, 0.3) is 0 Å². The number of nitrogens with zero attached hydrogens (tertiary/aromatic N) is 6. The number of carbonyl (C=O) groups excluding carboxylic acids is 17. The molecular formula is C91H121N21O24S. The minimum Gasteiger partial charge on any atom is -0.508 e. The van der Waals surface area contributed by atoms with Gasteiger partial charge < -0.3 is 130 Å². The maximum atomic E-state index is 15.7. The van der Waals surface area contributed by atoms with Gasteiger partial charge in [0.15, 0.2) is 0 Å². The molecule has 4 fully saturated rings. The van der Waals surface area contributed by atoms with Crippen molar-refractivity contribution in [1.29, 1.82) is 0 Å². The lowest BCUT2D eigenvalue weighted by Crippen LogP contribution is -2.62. The van der Waals surface area contributed by atoms with Crippen LogP contribution in [0.3, 0.4) is 0 Å². The Labute approximate surface area is 791 Å². The van der Waals surface area contributed by atoms with Crippen molar-refractivity contribution in [2.24, 2.45) is 11.5 Å². The van der Waals surface area contributed by atoms with Crippen LogP contribution in [0.1, 0.15) is 145 Å². The molecule has 3 aromatic carbocycles. The summed E-state index contributed by atoms with van der Waals surface area (Å²) in [4.78, 5) is 294. The SMILES string of the molecule is CCCC[C@H]1C(=O)N(C)[C@@H](CCCC)C(=O)N[C@@H](CCC(=O)O)C(=O)N[C@H](C(=O)NCC(N)=O)CSCC(=O)N[C@@H](Cc2ccc(O)cc2)C(=O)N2CCCC[C@H]2C(=O)N[C@@H](CC(N)=O)C(=O)N2CCC[C@H]2C(=O)N[C@@H](Cc2cnc[nH]2)C(=O)N[C@@H](CCC(=O)O)C(=O)N2C[C@H](O)C[C@H]2C(=O)N[C@@H](Cc2c[nH]c3ccccc23)C(=O)NC(CO)C(=O)N[C@@H](Cc2c[nH]c3ccccc23)C(=O)N1C. The number of likely N-dealkylation sites (N-methyl/N-ethyl adjacent to an activating group) is 2. The monoisotopic (exact) mass is 1920 g/mol. The molecule has 17 amide bonds. The van der Waals surface area contributed by atoms with E-state index in [0.717, 1.165) is 19.6 Å². The molecule has 4 aliphatic rings. The van der Waals surface area contributed by atoms with Crippen LogP contribution in [0.4, 0.5) is 0 Å². The van der Waals surface area contributed by atoms with Crippen LogP contribution < -0.4 is 64.6 Å². The van der Waals surface area contributed by atoms with E-state index >= 15 is 47.9 Å². The average molecular weight is 1930 g/mol. The number of para-hydroxylation sites is 2. The lowest BCUT2D eigenvalue weighted by Gasteiger charge is -2.38. The van der Waals surface area contributed by atoms with Crippen molar-refractivity contribution in [3.05, 3.63) is 120 Å². The van der Waals surface area contributed by atoms with E-state index < -0.39 is 279 Å². The summed E-state index contributed by atoms with van der Waals surface area (Å²) in [6.45, 7) is 0.762. The van der Waals surface area contributed by atoms with E-state index in [4.69, 9.17) is 11.5 Å². The molecule has 1 unspecified atom stereocenters. The van der Waals surface area contributed by atoms with Crippen molar-refractivity contribution in [3.63, 3.8) is 0 Å². The van der Waals surface area contributed by atoms with Crippen molar-refractivity contribution in [2.75, 3.05) is 58.4 Å². The zero-order valence-electron chi connectivity index (χ0n) is 76.4. The molecule has 4 aliphatic heterocycles. The number of hydrogen-bond donors (Lipinski definition) is 20. The number of fused-ring (bicyclic) bond motifs is 5. The Morgan fingerprint density at radius 1 is 0.496 bits per heavy atom. The maximum absolute atomic E-state index is 15.7. The Morgan fingerprint density at radius 2 is 0.993 bits per heavy atom. The molecule has 0 aliphatic carbocycles. The molecule has 3 aromatic heterocycles. The number of rotatable bonds is 26. The largest absolute Gasteiger partial charge is 0.508 e. The van der Waals surface area contributed by atoms with Gasteiger partial charge in [0.1, 0.15) is 90.3 Å². The molecule has 137 heavy (non-hydrogen) atoms. The van der Waals surface area contributed by atoms with Crippen LogP contribution in [0.2, 0.25) is 0 Å². The summed E-state index contributed by atoms with van der Waals surface area (Å²) in [6.07, 6.45) is 0.499. The number of thioether (sulfide) groups is 1. The van der Waals surface area contributed by atoms with Gasteiger partial charge in [-0.2, -0.15) is 0 Å². The zero-order chi connectivity index (χ0) is 99.4. The number of aliphatic carboxylic acids is 2. The number of piperidine rings is 1. The predicted octanol–water partition coefficient (Wildman–Crippen LogP) is -2.97. The predicted molar refractivity (Wildman–Crippen MR) is 492 cm³/mol. The van der Waals surface area contributed by atoms with E-state index in [-0.39, 0.29) is 88.7 Å². The highest BCUT2D eigenvalue weighted by molar-refractivity contribution is 8.00. The third kappa shape index (κ3) is 28.8. The number of aromatic hydroxyl groups is 1. The Balaban J connectivity index is 1.03. The number of aliphatic hydroxyl groups excluding tert-OH is 2. The number of unbranched alkanes of at least 4 members (excludes halogenated alkanes) is 2. The van der Waals surface area contributed by atoms with Gasteiger partial charge >= 0.3 is 11.9 Å². The third-order valence-electron chi connectivity index (χ3n) is 24.7. The van der Waals surface area contributed by atoms with Crippen molar-refractivity contribution in [1.82, 2.24) is 97.6 Å². The topological polar surface area (TPSA) is 674 Å². The van der Waals surface area contributed by atoms with Crippen LogP contribution in [0.5, 0.6) is 5.75 Å². The summed E-state index contributed by atoms with van der Waals surface area (Å²) < 4.78 is 0. The molecular weight excluding hydrogens is 1800 g/mol. The molecule has 0 bridgehead atoms. The van der Waals surface area contributed by atoms with E-state index in [2.05, 4.69) is 73.1 Å². The first-order chi connectivity index (χ1) is 65.4. The number of carboxylic acids is 2. The van der Waals surface area contributed by atoms with Gasteiger partial charge in [-0.3, -0.25) is 91.1 Å². The first kappa shape index (κ1) is 105. The standard InChI is InChI=1S/C91H121N21O24S/c1-5-7-20-68-83(128)100-59(28-30-76(119)120)79(124)107-67(78(123)97-43-74(93)117)46-137-47-75(118)99-63(34-49-24-26-53(114)27-25-49)89(134)110-32-14-13-22-69(110)85(130)105-65(39-73(92)116)90(135)111-33-15-23-70(111)84(129)103-62(37-52-42-94-48-98-52)81(126)101-60(29-31-77(121)122)88(133)112-44-54(115)38-72(112)86(131)102-61(35-50-40-95-57-18-11-9-16-55(50)57)80(125)106-66(45-113)82(127)104-64(36-51-41-96-58-19-12-10-17-56(51)58)87(132)109(4)71(21-8-6-2)91(136)108(68)3/h9-12,16-19,24-27,40-42,48,54,59-72,95-96,113-115H,5-8,13-15,20-23,28-39,43-47H2,1-4H3,(H2,92,116)(H2,93,117)(H,94,98)(H,97,123)(H,99,118)(H,100,128)(H,101,126)(H,102,131)(H,103,129)(H,104,127)(H,105,130)(H,106,125)(H,107,124)(H,119,120)(H,121,122)/t54-,59+,60+,61+,62+,63+,64+,65+,66?,67+,68+,69+,70+,71+,72+/m1/s1. The van der Waals surface area contributed by atoms with Gasteiger partial charge in [0.2, 0.25) is 100 Å². The fourth-order valence-corrected chi connectivity index (χ4v) is 18.2. The number of hydrogen-bond acceptors (Lipinski definition) is 24. The van der Waals surface area contributed by atoms with Crippen LogP contribution >= 0.6 is 11.8 Å². The number of benzene rings is 3. The Morgan fingerprint density at radius 3 is 1.58 bits per heavy atom. The molecule has 7 heterocycles. The average Bonchev–Trinajstić information content (AvgIpc) is 1.68. The second-order valence-electron chi connectivity index (χ2n) is 34.6. The highest BCUT2D eigenvalue weighted by atomic mass is 32.2. The third-order valence-corrected chi connectivity index (χ3v) is 25.7. The number of aromatic amines is 3. The molecule has 740 valence electrons. The van der Waals surface area contributed by atoms with Crippen LogP contribution in [0.25, 0.3) is 21.8 Å². The number of nitrogens with one attached hydrogen (secondary N) is 13. The van der Waals surface area contributed by atoms with Gasteiger partial charge in [-0.05, 0) is 98.7 Å². The molecule has 22 N–H and O–H groups in total. The van der Waals surface area contributed by atoms with Crippen molar-refractivity contribution in [2.45, 2.75) is 239 Å². The van der Waals surface area contributed by atoms with Gasteiger partial charge in [-0.25, -0.2) is 4.98 Å². The van der Waals surface area contributed by atoms with Crippen molar-refractivity contribution < 1.29 is 117 Å². The Hall–Kier alpha value is -14.1. The summed E-state index contributed by atoms with van der Waals surface area (Å²) in [5.74, 6) is -21.5. The Bertz CT molecular complexity index is 5360. The molecule has 10 rings (SSSR count). The molecule has 4 saturated heterocycles. The van der Waals surface area contributed by atoms with Crippen molar-refractivity contribution >= 4 is 146 Å². The molecule has 15 atom stereocenters. The number of phenols is 1. The number of phenolic OH excluding ortho intramolecular Hbond substituents is 1. The summed E-state index contributed by atoms with van der Waals surface area (Å²) >= 11 is 0.713. The minimum absolute atomic E-state index is 0.0426. The lowest BCUT2D eigenvalue weighted by molar-refractivity contribution is -0.149. The second-order valence-corrected chi connectivity index (χ2v) is 35.7. The fourth-order valence-electron chi connectivity index (χ4n) is 17.4. The van der Waals surface area contributed by atoms with E-state index in [9.17, 15) is 68.7 Å². The van der Waals surface area contributed by atoms with Gasteiger partial charge in [0, 0.05) is 131 Å². The van der Waals surface area contributed by atoms with Gasteiger partial charge in [-0.1, -0.05) is 88.1 Å². The van der Waals surface area contributed by atoms with E-state index in [1.807, 2.05) is 6.92 Å². The smallest absolute Gasteiger partial charge is 0.303 e. The number of H-pyrrole nitrogens is 3. The Kier molecular flexibility index (Phi) is 38.3. The van der Waals surface area contributed by atoms with Crippen molar-refractivity contribution in [3.8, 4) is 5.75 Å². The first-order valence-electron chi connectivity index (χ1n) is 45.6. The summed E-state index contributed by atoms with van der Waals surface area (Å²) in [6, 6.07) is -3.94. The van der Waals surface area contributed by atoms with Gasteiger partial charge in [0.05, 0.1) is 37.8 Å². The number of carbonyl (C=O) groups is 19. The van der Waals surface area contributed by atoms with E-state index in [1.54, 1.807) is 67.8 Å². The van der Waals surface area contributed by atoms with Crippen LogP contribution in [-0.4, -0.2) is 331 Å². The molecule has 0 radical (unpaired) electrons. The molecule has 0 spiro atoms. The second kappa shape index (κ2) is 50.0. The first-order valence-corrected chi connectivity index (χ1v) is 46.8. The summed E-state index contributed by atoms with van der Waals surface area (Å²) in [5, 5.41) is 79.9. The number of nitrogens with two attached hydrogens (primary N) is 2. The summed E-state index contributed by atoms with van der Waals surface area (Å²) in [5.41, 5.74) is 13.9. The minimum atomic E-state index is -1.96. The van der Waals surface area contributed by atoms with Gasteiger partial charge in [-0.15, -0.1) is 11.8 Å². The molecule has 0 saturated carbocycles. The maximum Gasteiger partial charge on any atom is 0.303 e. The van der Waals surface area contributed by atoms with E-state index in [0.29, 0.717) is 75.9 Å². The quantitative estimate of drug-likeness (QED) is 0.0258. The number of imidazole rings is 1. The van der Waals surface area contributed by atoms with Crippen LogP contribution in [-0.2, 0) is 117 Å². The highest BCUT2D eigenvalue weighted by Crippen LogP contribution is 2.29. The number of primary amides is 2.